The molecule has 5 heteroatoms. The Bertz CT molecular complexity index is 608. The second kappa shape index (κ2) is 6.24. The average molecular weight is 338 g/mol. The van der Waals surface area contributed by atoms with Crippen molar-refractivity contribution in [2.24, 2.45) is 0 Å². The molecule has 20 heavy (non-hydrogen) atoms. The summed E-state index contributed by atoms with van der Waals surface area (Å²) in [6, 6.07) is 6.64. The Balaban J connectivity index is 2.21. The van der Waals surface area contributed by atoms with Gasteiger partial charge in [0.2, 0.25) is 0 Å². The molecule has 0 radical (unpaired) electrons. The Morgan fingerprint density at radius 2 is 2.15 bits per heavy atom. The molecule has 1 heterocycles. The third kappa shape index (κ3) is 3.11. The van der Waals surface area contributed by atoms with Crippen molar-refractivity contribution in [1.29, 1.82) is 0 Å². The number of nitrogens with one attached hydrogen (secondary N) is 1. The number of benzene rings is 1. The highest BCUT2D eigenvalue weighted by atomic mass is 79.9. The largest absolute Gasteiger partial charge is 0.467 e. The normalized spacial score (nSPS) is 12.2. The van der Waals surface area contributed by atoms with Crippen LogP contribution in [0.2, 0.25) is 0 Å². The minimum atomic E-state index is -0.541. The van der Waals surface area contributed by atoms with Crippen LogP contribution >= 0.6 is 15.9 Å². The van der Waals surface area contributed by atoms with Crippen LogP contribution in [0.4, 0.5) is 0 Å². The summed E-state index contributed by atoms with van der Waals surface area (Å²) in [5.41, 5.74) is 2.45. The van der Waals surface area contributed by atoms with Crippen LogP contribution in [0.15, 0.2) is 39.4 Å². The van der Waals surface area contributed by atoms with Crippen molar-refractivity contribution in [1.82, 2.24) is 5.32 Å². The van der Waals surface area contributed by atoms with Crippen LogP contribution in [0, 0.1) is 13.8 Å². The van der Waals surface area contributed by atoms with Crippen LogP contribution in [-0.4, -0.2) is 17.6 Å². The van der Waals surface area contributed by atoms with Crippen LogP contribution in [0.5, 0.6) is 0 Å². The maximum atomic E-state index is 12.3. The topological polar surface area (TPSA) is 62.5 Å². The molecule has 1 aromatic heterocycles. The molecule has 1 unspecified atom stereocenters. The van der Waals surface area contributed by atoms with Gasteiger partial charge in [0.25, 0.3) is 5.91 Å². The molecule has 2 N–H and O–H groups in total. The smallest absolute Gasteiger partial charge is 0.252 e. The van der Waals surface area contributed by atoms with Gasteiger partial charge < -0.3 is 14.8 Å². The molecular weight excluding hydrogens is 322 g/mol. The van der Waals surface area contributed by atoms with Gasteiger partial charge >= 0.3 is 0 Å². The Hall–Kier alpha value is -1.59. The van der Waals surface area contributed by atoms with Gasteiger partial charge in [0.05, 0.1) is 12.9 Å². The molecule has 1 atom stereocenters. The Labute approximate surface area is 125 Å². The number of halogens is 1. The molecule has 0 saturated heterocycles. The highest BCUT2D eigenvalue weighted by Gasteiger charge is 2.18. The van der Waals surface area contributed by atoms with E-state index in [9.17, 15) is 9.90 Å². The van der Waals surface area contributed by atoms with Crippen LogP contribution in [0.25, 0.3) is 0 Å². The zero-order valence-corrected chi connectivity index (χ0v) is 12.9. The number of carbonyl (C=O) groups is 1. The molecule has 0 aliphatic carbocycles. The molecule has 0 spiro atoms. The molecule has 0 aliphatic heterocycles. The third-order valence-electron chi connectivity index (χ3n) is 3.12. The lowest BCUT2D eigenvalue weighted by Gasteiger charge is -2.15. The first-order valence-electron chi connectivity index (χ1n) is 6.24. The quantitative estimate of drug-likeness (QED) is 0.900. The number of hydrogen-bond acceptors (Lipinski definition) is 3. The summed E-state index contributed by atoms with van der Waals surface area (Å²) in [5.74, 6) is 0.306. The van der Waals surface area contributed by atoms with Crippen molar-refractivity contribution < 1.29 is 14.3 Å². The highest BCUT2D eigenvalue weighted by Crippen LogP contribution is 2.22. The lowest BCUT2D eigenvalue weighted by atomic mass is 10.0. The van der Waals surface area contributed by atoms with Gasteiger partial charge in [-0.1, -0.05) is 15.9 Å². The summed E-state index contributed by atoms with van der Waals surface area (Å²) in [4.78, 5) is 12.3. The number of amides is 1. The average Bonchev–Trinajstić information content (AvgIpc) is 2.93. The molecule has 106 valence electrons. The van der Waals surface area contributed by atoms with Gasteiger partial charge in [0, 0.05) is 10.0 Å². The van der Waals surface area contributed by atoms with E-state index >= 15 is 0 Å². The molecule has 0 fully saturated rings. The fraction of sp³-hybridized carbons (Fsp3) is 0.267. The fourth-order valence-electron chi connectivity index (χ4n) is 1.96. The van der Waals surface area contributed by atoms with E-state index in [2.05, 4.69) is 21.2 Å². The minimum Gasteiger partial charge on any atom is -0.467 e. The number of aliphatic hydroxyl groups is 1. The van der Waals surface area contributed by atoms with Gasteiger partial charge in [0.1, 0.15) is 11.8 Å². The van der Waals surface area contributed by atoms with Crippen LogP contribution in [0.1, 0.15) is 33.3 Å². The Morgan fingerprint density at radius 3 is 2.75 bits per heavy atom. The lowest BCUT2D eigenvalue weighted by Crippen LogP contribution is -2.31. The summed E-state index contributed by atoms with van der Waals surface area (Å²) in [6.45, 7) is 3.59. The summed E-state index contributed by atoms with van der Waals surface area (Å²) < 4.78 is 6.18. The zero-order valence-electron chi connectivity index (χ0n) is 11.3. The third-order valence-corrected chi connectivity index (χ3v) is 3.98. The summed E-state index contributed by atoms with van der Waals surface area (Å²) in [6.07, 6.45) is 1.51. The predicted molar refractivity (Wildman–Crippen MR) is 79.6 cm³/mol. The van der Waals surface area contributed by atoms with Crippen molar-refractivity contribution in [3.05, 3.63) is 57.5 Å². The predicted octanol–water partition coefficient (Wildman–Crippen LogP) is 3.12. The van der Waals surface area contributed by atoms with E-state index in [0.29, 0.717) is 11.3 Å². The summed E-state index contributed by atoms with van der Waals surface area (Å²) >= 11 is 3.44. The molecular formula is C15H16BrNO3. The molecule has 2 rings (SSSR count). The molecule has 0 saturated carbocycles. The summed E-state index contributed by atoms with van der Waals surface area (Å²) in [5, 5.41) is 12.2. The van der Waals surface area contributed by atoms with Crippen LogP contribution in [0.3, 0.4) is 0 Å². The highest BCUT2D eigenvalue weighted by molar-refractivity contribution is 9.10. The first-order chi connectivity index (χ1) is 9.52. The fourth-order valence-corrected chi connectivity index (χ4v) is 2.42. The number of aliphatic hydroxyl groups excluding tert-OH is 1. The number of rotatable bonds is 4. The van der Waals surface area contributed by atoms with E-state index in [1.807, 2.05) is 26.0 Å². The molecule has 0 bridgehead atoms. The maximum absolute atomic E-state index is 12.3. The number of furan rings is 1. The molecule has 1 aromatic carbocycles. The zero-order chi connectivity index (χ0) is 14.7. The number of carbonyl (C=O) groups excluding carboxylic acids is 1. The number of aryl methyl sites for hydroxylation is 2. The first-order valence-corrected chi connectivity index (χ1v) is 7.04. The van der Waals surface area contributed by atoms with Crippen molar-refractivity contribution in [2.45, 2.75) is 19.9 Å². The molecule has 4 nitrogen and oxygen atoms in total. The van der Waals surface area contributed by atoms with E-state index < -0.39 is 6.04 Å². The standard InChI is InChI=1S/C15H16BrNO3/c1-9-7-12(16)10(2)6-11(9)15(19)17-13(8-18)14-4-3-5-20-14/h3-7,13,18H,8H2,1-2H3,(H,17,19). The van der Waals surface area contributed by atoms with Gasteiger partial charge in [-0.2, -0.15) is 0 Å². The second-order valence-electron chi connectivity index (χ2n) is 4.64. The SMILES string of the molecule is Cc1cc(C(=O)NC(CO)c2ccco2)c(C)cc1Br. The van der Waals surface area contributed by atoms with Crippen LogP contribution in [-0.2, 0) is 0 Å². The van der Waals surface area contributed by atoms with Gasteiger partial charge in [-0.3, -0.25) is 4.79 Å². The molecule has 2 aromatic rings. The Kier molecular flexibility index (Phi) is 4.62. The van der Waals surface area contributed by atoms with E-state index in [-0.39, 0.29) is 12.5 Å². The van der Waals surface area contributed by atoms with E-state index in [1.165, 1.54) is 6.26 Å². The van der Waals surface area contributed by atoms with E-state index in [1.54, 1.807) is 12.1 Å². The van der Waals surface area contributed by atoms with Crippen molar-refractivity contribution >= 4 is 21.8 Å². The molecule has 0 aliphatic rings. The van der Waals surface area contributed by atoms with Gasteiger partial charge in [-0.15, -0.1) is 0 Å². The molecule has 1 amide bonds. The Morgan fingerprint density at radius 1 is 1.40 bits per heavy atom. The number of hydrogen-bond donors (Lipinski definition) is 2. The van der Waals surface area contributed by atoms with E-state index in [0.717, 1.165) is 15.6 Å². The van der Waals surface area contributed by atoms with Crippen molar-refractivity contribution in [3.63, 3.8) is 0 Å². The van der Waals surface area contributed by atoms with Gasteiger partial charge in [0.15, 0.2) is 0 Å². The first kappa shape index (κ1) is 14.8. The maximum Gasteiger partial charge on any atom is 0.252 e. The van der Waals surface area contributed by atoms with Gasteiger partial charge in [-0.25, -0.2) is 0 Å². The van der Waals surface area contributed by atoms with Gasteiger partial charge in [-0.05, 0) is 49.2 Å². The summed E-state index contributed by atoms with van der Waals surface area (Å²) in [7, 11) is 0. The van der Waals surface area contributed by atoms with Crippen LogP contribution < -0.4 is 5.32 Å². The lowest BCUT2D eigenvalue weighted by molar-refractivity contribution is 0.0906. The van der Waals surface area contributed by atoms with E-state index in [4.69, 9.17) is 4.42 Å². The van der Waals surface area contributed by atoms with Crippen molar-refractivity contribution in [3.8, 4) is 0 Å². The minimum absolute atomic E-state index is 0.214. The monoisotopic (exact) mass is 337 g/mol. The van der Waals surface area contributed by atoms with Crippen molar-refractivity contribution in [2.75, 3.05) is 6.61 Å². The second-order valence-corrected chi connectivity index (χ2v) is 5.49.